The molecule has 2 unspecified atom stereocenters. The van der Waals surface area contributed by atoms with E-state index in [1.807, 2.05) is 29.7 Å². The van der Waals surface area contributed by atoms with E-state index in [0.717, 1.165) is 11.1 Å². The van der Waals surface area contributed by atoms with Crippen LogP contribution in [-0.2, 0) is 6.42 Å². The average Bonchev–Trinajstić information content (AvgIpc) is 3.02. The zero-order chi connectivity index (χ0) is 14.2. The summed E-state index contributed by atoms with van der Waals surface area (Å²) in [5, 5.41) is 3.38. The Kier molecular flexibility index (Phi) is 3.24. The fourth-order valence-electron chi connectivity index (χ4n) is 3.40. The standard InChI is InChI=1S/C18H18N2S/c19-18(15-5-3-7-17-14(15)8-9-21-17)13-10-12-4-1-2-6-16(12)20-11-13/h1-2,4,6,8-11,15,18H,3,5,7,19H2. The van der Waals surface area contributed by atoms with Crippen molar-refractivity contribution >= 4 is 22.2 Å². The summed E-state index contributed by atoms with van der Waals surface area (Å²) in [6.07, 6.45) is 5.59. The van der Waals surface area contributed by atoms with Crippen LogP contribution in [0.1, 0.15) is 40.8 Å². The van der Waals surface area contributed by atoms with Gasteiger partial charge in [0.25, 0.3) is 0 Å². The van der Waals surface area contributed by atoms with E-state index in [0.29, 0.717) is 5.92 Å². The Morgan fingerprint density at radius 1 is 1.24 bits per heavy atom. The summed E-state index contributed by atoms with van der Waals surface area (Å²) in [5.41, 5.74) is 10.3. The van der Waals surface area contributed by atoms with E-state index in [1.165, 1.54) is 35.1 Å². The maximum Gasteiger partial charge on any atom is 0.0702 e. The van der Waals surface area contributed by atoms with Gasteiger partial charge in [-0.15, -0.1) is 11.3 Å². The molecular formula is C18H18N2S. The molecule has 1 aromatic carbocycles. The van der Waals surface area contributed by atoms with Gasteiger partial charge in [0.05, 0.1) is 5.52 Å². The molecule has 4 rings (SSSR count). The van der Waals surface area contributed by atoms with Gasteiger partial charge < -0.3 is 5.73 Å². The molecule has 2 aromatic heterocycles. The lowest BCUT2D eigenvalue weighted by Crippen LogP contribution is -2.22. The highest BCUT2D eigenvalue weighted by Gasteiger charge is 2.27. The fraction of sp³-hybridized carbons (Fsp3) is 0.278. The minimum Gasteiger partial charge on any atom is -0.323 e. The fourth-order valence-corrected chi connectivity index (χ4v) is 4.39. The Bertz CT molecular complexity index is 777. The minimum absolute atomic E-state index is 0.0377. The van der Waals surface area contributed by atoms with Gasteiger partial charge in [-0.05, 0) is 54.0 Å². The van der Waals surface area contributed by atoms with Crippen LogP contribution in [0.5, 0.6) is 0 Å². The Hall–Kier alpha value is -1.71. The van der Waals surface area contributed by atoms with Gasteiger partial charge >= 0.3 is 0 Å². The first kappa shape index (κ1) is 13.0. The van der Waals surface area contributed by atoms with E-state index in [-0.39, 0.29) is 6.04 Å². The van der Waals surface area contributed by atoms with Gasteiger partial charge in [-0.3, -0.25) is 4.98 Å². The Labute approximate surface area is 128 Å². The SMILES string of the molecule is NC(c1cnc2ccccc2c1)C1CCCc2sccc21. The number of para-hydroxylation sites is 1. The number of aromatic nitrogens is 1. The largest absolute Gasteiger partial charge is 0.323 e. The van der Waals surface area contributed by atoms with Crippen molar-refractivity contribution in [2.45, 2.75) is 31.2 Å². The number of pyridine rings is 1. The van der Waals surface area contributed by atoms with Gasteiger partial charge in [-0.2, -0.15) is 0 Å². The van der Waals surface area contributed by atoms with Gasteiger partial charge in [0.2, 0.25) is 0 Å². The smallest absolute Gasteiger partial charge is 0.0702 e. The van der Waals surface area contributed by atoms with Crippen molar-refractivity contribution in [3.8, 4) is 0 Å². The molecule has 3 aromatic rings. The Balaban J connectivity index is 1.72. The van der Waals surface area contributed by atoms with Crippen molar-refractivity contribution in [2.75, 3.05) is 0 Å². The third-order valence-corrected chi connectivity index (χ3v) is 5.52. The molecule has 0 aliphatic heterocycles. The van der Waals surface area contributed by atoms with E-state index in [1.54, 1.807) is 0 Å². The Morgan fingerprint density at radius 2 is 2.14 bits per heavy atom. The zero-order valence-corrected chi connectivity index (χ0v) is 12.6. The minimum atomic E-state index is 0.0377. The van der Waals surface area contributed by atoms with Crippen LogP contribution in [0.3, 0.4) is 0 Å². The number of benzene rings is 1. The highest BCUT2D eigenvalue weighted by molar-refractivity contribution is 7.10. The highest BCUT2D eigenvalue weighted by atomic mass is 32.1. The first-order valence-electron chi connectivity index (χ1n) is 7.49. The number of nitrogens with zero attached hydrogens (tertiary/aromatic N) is 1. The first-order valence-corrected chi connectivity index (χ1v) is 8.37. The molecule has 21 heavy (non-hydrogen) atoms. The van der Waals surface area contributed by atoms with Crippen molar-refractivity contribution in [2.24, 2.45) is 5.73 Å². The number of hydrogen-bond donors (Lipinski definition) is 1. The predicted molar refractivity (Wildman–Crippen MR) is 88.7 cm³/mol. The number of fused-ring (bicyclic) bond motifs is 2. The second-order valence-electron chi connectivity index (χ2n) is 5.78. The normalized spacial score (nSPS) is 19.4. The molecule has 0 saturated carbocycles. The lowest BCUT2D eigenvalue weighted by atomic mass is 9.80. The zero-order valence-electron chi connectivity index (χ0n) is 11.8. The second-order valence-corrected chi connectivity index (χ2v) is 6.79. The van der Waals surface area contributed by atoms with Crippen LogP contribution in [0.4, 0.5) is 0 Å². The molecule has 0 radical (unpaired) electrons. The maximum atomic E-state index is 6.60. The number of rotatable bonds is 2. The number of nitrogens with two attached hydrogens (primary N) is 1. The van der Waals surface area contributed by atoms with Crippen molar-refractivity contribution in [1.29, 1.82) is 0 Å². The van der Waals surface area contributed by atoms with E-state index in [9.17, 15) is 0 Å². The summed E-state index contributed by atoms with van der Waals surface area (Å²) in [5.74, 6) is 0.433. The lowest BCUT2D eigenvalue weighted by Gasteiger charge is -2.28. The molecule has 1 aliphatic carbocycles. The van der Waals surface area contributed by atoms with Gasteiger partial charge in [0.1, 0.15) is 0 Å². The van der Waals surface area contributed by atoms with Gasteiger partial charge in [0, 0.05) is 28.4 Å². The summed E-state index contributed by atoms with van der Waals surface area (Å²) in [6.45, 7) is 0. The Morgan fingerprint density at radius 3 is 3.10 bits per heavy atom. The maximum absolute atomic E-state index is 6.60. The number of thiophene rings is 1. The third kappa shape index (κ3) is 2.27. The molecule has 0 fully saturated rings. The molecule has 0 bridgehead atoms. The lowest BCUT2D eigenvalue weighted by molar-refractivity contribution is 0.478. The van der Waals surface area contributed by atoms with E-state index < -0.39 is 0 Å². The van der Waals surface area contributed by atoms with Crippen LogP contribution in [0.25, 0.3) is 10.9 Å². The van der Waals surface area contributed by atoms with Gasteiger partial charge in [-0.1, -0.05) is 18.2 Å². The topological polar surface area (TPSA) is 38.9 Å². The molecule has 1 aliphatic rings. The third-order valence-electron chi connectivity index (χ3n) is 4.53. The molecule has 2 atom stereocenters. The van der Waals surface area contributed by atoms with Crippen molar-refractivity contribution in [3.63, 3.8) is 0 Å². The van der Waals surface area contributed by atoms with Gasteiger partial charge in [-0.25, -0.2) is 0 Å². The van der Waals surface area contributed by atoms with Crippen LogP contribution in [-0.4, -0.2) is 4.98 Å². The van der Waals surface area contributed by atoms with Crippen LogP contribution in [0.2, 0.25) is 0 Å². The van der Waals surface area contributed by atoms with Crippen molar-refractivity contribution in [1.82, 2.24) is 4.98 Å². The molecule has 2 nitrogen and oxygen atoms in total. The molecule has 3 heteroatoms. The summed E-state index contributed by atoms with van der Waals surface area (Å²) in [4.78, 5) is 6.09. The highest BCUT2D eigenvalue weighted by Crippen LogP contribution is 2.41. The van der Waals surface area contributed by atoms with Crippen LogP contribution < -0.4 is 5.73 Å². The quantitative estimate of drug-likeness (QED) is 0.760. The molecule has 2 N–H and O–H groups in total. The predicted octanol–water partition coefficient (Wildman–Crippen LogP) is 4.42. The molecule has 106 valence electrons. The summed E-state index contributed by atoms with van der Waals surface area (Å²) in [6, 6.07) is 12.7. The molecule has 2 heterocycles. The molecule has 0 spiro atoms. The summed E-state index contributed by atoms with van der Waals surface area (Å²) < 4.78 is 0. The van der Waals surface area contributed by atoms with E-state index >= 15 is 0 Å². The van der Waals surface area contributed by atoms with Crippen molar-refractivity contribution < 1.29 is 0 Å². The number of hydrogen-bond acceptors (Lipinski definition) is 3. The van der Waals surface area contributed by atoms with Crippen molar-refractivity contribution in [3.05, 3.63) is 64.0 Å². The number of aryl methyl sites for hydroxylation is 1. The van der Waals surface area contributed by atoms with E-state index in [4.69, 9.17) is 5.73 Å². The molecular weight excluding hydrogens is 276 g/mol. The van der Waals surface area contributed by atoms with Gasteiger partial charge in [0.15, 0.2) is 0 Å². The summed E-state index contributed by atoms with van der Waals surface area (Å²) in [7, 11) is 0. The summed E-state index contributed by atoms with van der Waals surface area (Å²) >= 11 is 1.87. The average molecular weight is 294 g/mol. The van der Waals surface area contributed by atoms with Crippen LogP contribution in [0.15, 0.2) is 48.0 Å². The first-order chi connectivity index (χ1) is 10.3. The van der Waals surface area contributed by atoms with Crippen LogP contribution in [0, 0.1) is 0 Å². The second kappa shape index (κ2) is 5.24. The molecule has 0 saturated heterocycles. The van der Waals surface area contributed by atoms with Crippen LogP contribution >= 0.6 is 11.3 Å². The molecule has 0 amide bonds. The monoisotopic (exact) mass is 294 g/mol. The van der Waals surface area contributed by atoms with E-state index in [2.05, 4.69) is 34.6 Å².